The minimum atomic E-state index is -4.77. The van der Waals surface area contributed by atoms with E-state index in [2.05, 4.69) is 5.10 Å². The molecule has 0 radical (unpaired) electrons. The lowest BCUT2D eigenvalue weighted by Crippen LogP contribution is -2.30. The minimum absolute atomic E-state index is 0.157. The van der Waals surface area contributed by atoms with Crippen molar-refractivity contribution in [1.82, 2.24) is 14.7 Å². The van der Waals surface area contributed by atoms with Crippen molar-refractivity contribution in [2.24, 2.45) is 0 Å². The van der Waals surface area contributed by atoms with Crippen molar-refractivity contribution >= 4 is 29.1 Å². The molecule has 0 bridgehead atoms. The number of amides is 1. The van der Waals surface area contributed by atoms with E-state index in [-0.39, 0.29) is 12.2 Å². The summed E-state index contributed by atoms with van der Waals surface area (Å²) in [5, 5.41) is 4.77. The third kappa shape index (κ3) is 4.92. The highest BCUT2D eigenvalue weighted by Gasteiger charge is 2.41. The highest BCUT2D eigenvalue weighted by atomic mass is 35.5. The number of hydrogen-bond donors (Lipinski definition) is 0. The summed E-state index contributed by atoms with van der Waals surface area (Å²) in [5.74, 6) is -0.758. The van der Waals surface area contributed by atoms with E-state index >= 15 is 0 Å². The van der Waals surface area contributed by atoms with Crippen LogP contribution in [0.15, 0.2) is 54.7 Å². The fourth-order valence-electron chi connectivity index (χ4n) is 2.81. The number of nitrogens with zero attached hydrogens (tertiary/aromatic N) is 3. The third-order valence-corrected chi connectivity index (χ3v) is 4.84. The Bertz CT molecular complexity index is 999. The number of halogens is 5. The van der Waals surface area contributed by atoms with Crippen LogP contribution in [0.5, 0.6) is 0 Å². The number of carbonyl (C=O) groups excluding carboxylic acids is 1. The van der Waals surface area contributed by atoms with E-state index in [0.29, 0.717) is 21.1 Å². The second-order valence-corrected chi connectivity index (χ2v) is 7.27. The first-order valence-electron chi connectivity index (χ1n) is 8.58. The monoisotopic (exact) mass is 441 g/mol. The van der Waals surface area contributed by atoms with E-state index in [1.54, 1.807) is 24.3 Å². The van der Waals surface area contributed by atoms with Gasteiger partial charge in [0.15, 0.2) is 5.69 Å². The van der Waals surface area contributed by atoms with Gasteiger partial charge in [-0.25, -0.2) is 4.68 Å². The van der Waals surface area contributed by atoms with E-state index in [1.807, 2.05) is 0 Å². The van der Waals surface area contributed by atoms with Crippen molar-refractivity contribution < 1.29 is 18.0 Å². The molecule has 29 heavy (non-hydrogen) atoms. The van der Waals surface area contributed by atoms with Gasteiger partial charge < -0.3 is 4.90 Å². The molecule has 1 amide bonds. The van der Waals surface area contributed by atoms with E-state index in [9.17, 15) is 18.0 Å². The highest BCUT2D eigenvalue weighted by molar-refractivity contribution is 6.30. The van der Waals surface area contributed by atoms with Crippen LogP contribution in [0.2, 0.25) is 10.0 Å². The molecule has 9 heteroatoms. The van der Waals surface area contributed by atoms with Gasteiger partial charge in [-0.05, 0) is 48.4 Å². The summed E-state index contributed by atoms with van der Waals surface area (Å²) in [6, 6.07) is 12.8. The Hall–Kier alpha value is -2.51. The fourth-order valence-corrected chi connectivity index (χ4v) is 3.06. The number of benzene rings is 2. The first-order valence-corrected chi connectivity index (χ1v) is 9.33. The van der Waals surface area contributed by atoms with Crippen molar-refractivity contribution in [3.8, 4) is 5.69 Å². The lowest BCUT2D eigenvalue weighted by Gasteiger charge is -2.18. The Kier molecular flexibility index (Phi) is 6.19. The Morgan fingerprint density at radius 3 is 2.14 bits per heavy atom. The van der Waals surface area contributed by atoms with Crippen LogP contribution in [0.25, 0.3) is 5.69 Å². The van der Waals surface area contributed by atoms with Crippen molar-refractivity contribution in [2.45, 2.75) is 12.6 Å². The summed E-state index contributed by atoms with van der Waals surface area (Å²) in [6.07, 6.45) is -3.34. The molecule has 0 spiro atoms. The lowest BCUT2D eigenvalue weighted by atomic mass is 10.1. The molecule has 0 unspecified atom stereocenters. The molecular weight excluding hydrogens is 426 g/mol. The van der Waals surface area contributed by atoms with Gasteiger partial charge in [0.1, 0.15) is 0 Å². The predicted octanol–water partition coefficient (Wildman–Crippen LogP) is 5.51. The van der Waals surface area contributed by atoms with Gasteiger partial charge in [-0.3, -0.25) is 4.79 Å². The summed E-state index contributed by atoms with van der Waals surface area (Å²) in [7, 11) is 1.46. The lowest BCUT2D eigenvalue weighted by molar-refractivity contribution is -0.143. The minimum Gasteiger partial charge on any atom is -0.341 e. The van der Waals surface area contributed by atoms with E-state index < -0.39 is 23.3 Å². The molecule has 0 N–H and O–H groups in total. The standard InChI is InChI=1S/C20H16Cl2F3N3O/c1-27(11-10-13-2-4-14(21)5-3-13)19(29)17-12-26-28(18(17)20(23,24)25)16-8-6-15(22)7-9-16/h2-9,12H,10-11H2,1H3. The van der Waals surface area contributed by atoms with Crippen LogP contribution in [-0.4, -0.2) is 34.2 Å². The molecule has 152 valence electrons. The van der Waals surface area contributed by atoms with Crippen LogP contribution in [0, 0.1) is 0 Å². The zero-order valence-corrected chi connectivity index (χ0v) is 16.8. The van der Waals surface area contributed by atoms with Gasteiger partial charge >= 0.3 is 6.18 Å². The number of aromatic nitrogens is 2. The number of hydrogen-bond acceptors (Lipinski definition) is 2. The Morgan fingerprint density at radius 2 is 1.59 bits per heavy atom. The molecule has 2 aromatic carbocycles. The van der Waals surface area contributed by atoms with Crippen LogP contribution in [0.3, 0.4) is 0 Å². The number of alkyl halides is 3. The van der Waals surface area contributed by atoms with Crippen LogP contribution in [0.1, 0.15) is 21.6 Å². The van der Waals surface area contributed by atoms with E-state index in [1.165, 1.54) is 36.2 Å². The molecule has 0 fully saturated rings. The van der Waals surface area contributed by atoms with Gasteiger partial charge in [0.05, 0.1) is 17.4 Å². The zero-order valence-electron chi connectivity index (χ0n) is 15.3. The van der Waals surface area contributed by atoms with Crippen LogP contribution >= 0.6 is 23.2 Å². The van der Waals surface area contributed by atoms with Gasteiger partial charge in [-0.2, -0.15) is 18.3 Å². The molecule has 1 aromatic heterocycles. The smallest absolute Gasteiger partial charge is 0.341 e. The Balaban J connectivity index is 1.86. The second kappa shape index (κ2) is 8.47. The summed E-state index contributed by atoms with van der Waals surface area (Å²) >= 11 is 11.6. The number of likely N-dealkylation sites (N-methyl/N-ethyl adjacent to an activating group) is 1. The highest BCUT2D eigenvalue weighted by Crippen LogP contribution is 2.34. The van der Waals surface area contributed by atoms with Crippen LogP contribution in [0.4, 0.5) is 13.2 Å². The second-order valence-electron chi connectivity index (χ2n) is 6.40. The molecule has 0 saturated heterocycles. The Labute approximate surface area is 175 Å². The van der Waals surface area contributed by atoms with E-state index in [4.69, 9.17) is 23.2 Å². The molecule has 0 saturated carbocycles. The van der Waals surface area contributed by atoms with Gasteiger partial charge in [0, 0.05) is 23.6 Å². The maximum absolute atomic E-state index is 13.7. The summed E-state index contributed by atoms with van der Waals surface area (Å²) in [4.78, 5) is 14.0. The fraction of sp³-hybridized carbons (Fsp3) is 0.200. The maximum atomic E-state index is 13.7. The molecule has 0 aliphatic heterocycles. The molecule has 3 aromatic rings. The van der Waals surface area contributed by atoms with Crippen molar-refractivity contribution in [3.63, 3.8) is 0 Å². The quantitative estimate of drug-likeness (QED) is 0.523. The maximum Gasteiger partial charge on any atom is 0.434 e. The molecule has 4 nitrogen and oxygen atoms in total. The molecule has 1 heterocycles. The average Bonchev–Trinajstić information content (AvgIpc) is 3.13. The molecule has 3 rings (SSSR count). The summed E-state index contributed by atoms with van der Waals surface area (Å²) in [5.41, 5.74) is -0.555. The third-order valence-electron chi connectivity index (χ3n) is 4.34. The molecule has 0 aliphatic rings. The number of rotatable bonds is 5. The van der Waals surface area contributed by atoms with Gasteiger partial charge in [0.25, 0.3) is 5.91 Å². The summed E-state index contributed by atoms with van der Waals surface area (Å²) in [6.45, 7) is 0.240. The molecular formula is C20H16Cl2F3N3O. The average molecular weight is 442 g/mol. The zero-order chi connectivity index (χ0) is 21.2. The van der Waals surface area contributed by atoms with Crippen LogP contribution in [-0.2, 0) is 12.6 Å². The molecule has 0 atom stereocenters. The topological polar surface area (TPSA) is 38.1 Å². The van der Waals surface area contributed by atoms with Crippen molar-refractivity contribution in [3.05, 3.63) is 81.6 Å². The van der Waals surface area contributed by atoms with Crippen molar-refractivity contribution in [1.29, 1.82) is 0 Å². The van der Waals surface area contributed by atoms with Gasteiger partial charge in [0.2, 0.25) is 0 Å². The SMILES string of the molecule is CN(CCc1ccc(Cl)cc1)C(=O)c1cnn(-c2ccc(Cl)cc2)c1C(F)(F)F. The normalized spacial score (nSPS) is 11.5. The predicted molar refractivity (Wildman–Crippen MR) is 106 cm³/mol. The largest absolute Gasteiger partial charge is 0.434 e. The van der Waals surface area contributed by atoms with Gasteiger partial charge in [-0.1, -0.05) is 35.3 Å². The van der Waals surface area contributed by atoms with Crippen LogP contribution < -0.4 is 0 Å². The number of carbonyl (C=O) groups is 1. The van der Waals surface area contributed by atoms with E-state index in [0.717, 1.165) is 11.8 Å². The first kappa shape index (κ1) is 21.2. The van der Waals surface area contributed by atoms with Crippen molar-refractivity contribution in [2.75, 3.05) is 13.6 Å². The Morgan fingerprint density at radius 1 is 1.03 bits per heavy atom. The first-order chi connectivity index (χ1) is 13.7. The summed E-state index contributed by atoms with van der Waals surface area (Å²) < 4.78 is 42.0. The van der Waals surface area contributed by atoms with Gasteiger partial charge in [-0.15, -0.1) is 0 Å². The molecule has 0 aliphatic carbocycles.